The summed E-state index contributed by atoms with van der Waals surface area (Å²) in [6.45, 7) is 9.84. The fourth-order valence-electron chi connectivity index (χ4n) is 3.75. The highest BCUT2D eigenvalue weighted by atomic mass is 32.2. The normalized spacial score (nSPS) is 19.3. The molecule has 0 radical (unpaired) electrons. The Morgan fingerprint density at radius 1 is 1.03 bits per heavy atom. The predicted octanol–water partition coefficient (Wildman–Crippen LogP) is 6.48. The molecule has 4 rings (SSSR count). The minimum atomic E-state index is 0.0493. The SMILES string of the molecule is CCCCN1C(=O)/C(=C2/Sc3ccc(OC)cc3N2CC)SC1=Nc1cc(C)ccc1C. The van der Waals surface area contributed by atoms with E-state index in [2.05, 4.69) is 56.9 Å². The quantitative estimate of drug-likeness (QED) is 0.455. The molecule has 0 aliphatic carbocycles. The summed E-state index contributed by atoms with van der Waals surface area (Å²) < 4.78 is 5.43. The summed E-state index contributed by atoms with van der Waals surface area (Å²) >= 11 is 3.15. The lowest BCUT2D eigenvalue weighted by molar-refractivity contribution is -0.122. The van der Waals surface area contributed by atoms with E-state index in [9.17, 15) is 4.79 Å². The monoisotopic (exact) mass is 467 g/mol. The molecule has 168 valence electrons. The van der Waals surface area contributed by atoms with Gasteiger partial charge in [0, 0.05) is 24.1 Å². The molecule has 1 saturated heterocycles. The molecule has 0 saturated carbocycles. The van der Waals surface area contributed by atoms with Crippen LogP contribution in [0.4, 0.5) is 11.4 Å². The van der Waals surface area contributed by atoms with E-state index >= 15 is 0 Å². The fraction of sp³-hybridized carbons (Fsp3) is 0.360. The number of hydrogen-bond donors (Lipinski definition) is 0. The summed E-state index contributed by atoms with van der Waals surface area (Å²) in [6, 6.07) is 12.3. The molecule has 0 N–H and O–H groups in total. The number of amidine groups is 1. The smallest absolute Gasteiger partial charge is 0.269 e. The van der Waals surface area contributed by atoms with Crippen LogP contribution in [0.5, 0.6) is 5.75 Å². The summed E-state index contributed by atoms with van der Waals surface area (Å²) in [5.41, 5.74) is 4.29. The van der Waals surface area contributed by atoms with Crippen LogP contribution in [0, 0.1) is 13.8 Å². The summed E-state index contributed by atoms with van der Waals surface area (Å²) in [4.78, 5) is 24.5. The molecule has 0 bridgehead atoms. The van der Waals surface area contributed by atoms with Gasteiger partial charge in [0.2, 0.25) is 0 Å². The highest BCUT2D eigenvalue weighted by Crippen LogP contribution is 2.51. The predicted molar refractivity (Wildman–Crippen MR) is 136 cm³/mol. The van der Waals surface area contributed by atoms with Crippen molar-refractivity contribution in [1.82, 2.24) is 4.90 Å². The first kappa shape index (κ1) is 22.8. The molecule has 2 aromatic carbocycles. The van der Waals surface area contributed by atoms with Crippen molar-refractivity contribution in [3.05, 3.63) is 57.5 Å². The zero-order valence-corrected chi connectivity index (χ0v) is 20.9. The lowest BCUT2D eigenvalue weighted by atomic mass is 10.1. The Balaban J connectivity index is 1.76. The van der Waals surface area contributed by atoms with E-state index in [4.69, 9.17) is 9.73 Å². The lowest BCUT2D eigenvalue weighted by Crippen LogP contribution is -2.30. The number of aliphatic imine (C=N–C) groups is 1. The maximum Gasteiger partial charge on any atom is 0.269 e. The zero-order chi connectivity index (χ0) is 22.8. The van der Waals surface area contributed by atoms with Crippen molar-refractivity contribution in [3.8, 4) is 5.75 Å². The summed E-state index contributed by atoms with van der Waals surface area (Å²) in [7, 11) is 1.68. The van der Waals surface area contributed by atoms with Gasteiger partial charge >= 0.3 is 0 Å². The average Bonchev–Trinajstić information content (AvgIpc) is 3.30. The number of carbonyl (C=O) groups is 1. The number of hydrogen-bond acceptors (Lipinski definition) is 6. The van der Waals surface area contributed by atoms with Crippen molar-refractivity contribution in [2.75, 3.05) is 25.1 Å². The van der Waals surface area contributed by atoms with Gasteiger partial charge < -0.3 is 9.64 Å². The van der Waals surface area contributed by atoms with Crippen molar-refractivity contribution in [2.24, 2.45) is 4.99 Å². The van der Waals surface area contributed by atoms with E-state index in [0.717, 1.165) is 67.6 Å². The van der Waals surface area contributed by atoms with Gasteiger partial charge in [-0.1, -0.05) is 37.2 Å². The van der Waals surface area contributed by atoms with Crippen LogP contribution in [0.25, 0.3) is 0 Å². The van der Waals surface area contributed by atoms with Crippen molar-refractivity contribution >= 4 is 46.0 Å². The van der Waals surface area contributed by atoms with E-state index in [1.165, 1.54) is 11.8 Å². The van der Waals surface area contributed by atoms with Crippen molar-refractivity contribution < 1.29 is 9.53 Å². The van der Waals surface area contributed by atoms with Crippen molar-refractivity contribution in [2.45, 2.75) is 45.4 Å². The molecule has 5 nitrogen and oxygen atoms in total. The zero-order valence-electron chi connectivity index (χ0n) is 19.3. The van der Waals surface area contributed by atoms with Gasteiger partial charge in [-0.3, -0.25) is 9.69 Å². The minimum absolute atomic E-state index is 0.0493. The summed E-state index contributed by atoms with van der Waals surface area (Å²) in [5.74, 6) is 0.870. The largest absolute Gasteiger partial charge is 0.497 e. The van der Waals surface area contributed by atoms with Gasteiger partial charge in [0.25, 0.3) is 5.91 Å². The molecule has 2 heterocycles. The topological polar surface area (TPSA) is 45.1 Å². The summed E-state index contributed by atoms with van der Waals surface area (Å²) in [5, 5.41) is 1.75. The van der Waals surface area contributed by atoms with Crippen LogP contribution >= 0.6 is 23.5 Å². The Kier molecular flexibility index (Phi) is 6.86. The number of unbranched alkanes of at least 4 members (excludes halogenated alkanes) is 1. The molecular formula is C25H29N3O2S2. The number of rotatable bonds is 6. The Bertz CT molecular complexity index is 1110. The highest BCUT2D eigenvalue weighted by Gasteiger charge is 2.39. The second-order valence-corrected chi connectivity index (χ2v) is 9.92. The number of nitrogens with zero attached hydrogens (tertiary/aromatic N) is 3. The van der Waals surface area contributed by atoms with Gasteiger partial charge in [-0.15, -0.1) is 0 Å². The number of methoxy groups -OCH3 is 1. The average molecular weight is 468 g/mol. The second kappa shape index (κ2) is 9.63. The maximum absolute atomic E-state index is 13.6. The number of fused-ring (bicyclic) bond motifs is 1. The number of aryl methyl sites for hydroxylation is 2. The van der Waals surface area contributed by atoms with E-state index in [1.54, 1.807) is 18.9 Å². The molecule has 0 aromatic heterocycles. The third-order valence-corrected chi connectivity index (χ3v) is 7.98. The number of carbonyl (C=O) groups excluding carboxylic acids is 1. The Morgan fingerprint density at radius 2 is 1.84 bits per heavy atom. The van der Waals surface area contributed by atoms with E-state index in [1.807, 2.05) is 17.0 Å². The molecular weight excluding hydrogens is 438 g/mol. The first-order chi connectivity index (χ1) is 15.5. The number of amides is 1. The van der Waals surface area contributed by atoms with Crippen LogP contribution in [-0.4, -0.2) is 36.2 Å². The third-order valence-electron chi connectivity index (χ3n) is 5.60. The lowest BCUT2D eigenvalue weighted by Gasteiger charge is -2.19. The molecule has 2 aromatic rings. The molecule has 1 fully saturated rings. The summed E-state index contributed by atoms with van der Waals surface area (Å²) in [6.07, 6.45) is 1.97. The Hall–Kier alpha value is -2.38. The van der Waals surface area contributed by atoms with Gasteiger partial charge in [0.05, 0.1) is 18.5 Å². The van der Waals surface area contributed by atoms with Crippen molar-refractivity contribution in [1.29, 1.82) is 0 Å². The van der Waals surface area contributed by atoms with Crippen LogP contribution in [0.3, 0.4) is 0 Å². The van der Waals surface area contributed by atoms with E-state index in [-0.39, 0.29) is 5.91 Å². The second-order valence-electron chi connectivity index (χ2n) is 7.91. The van der Waals surface area contributed by atoms with Crippen molar-refractivity contribution in [3.63, 3.8) is 0 Å². The van der Waals surface area contributed by atoms with Crippen LogP contribution < -0.4 is 9.64 Å². The van der Waals surface area contributed by atoms with Crippen LogP contribution in [0.1, 0.15) is 37.8 Å². The molecule has 0 atom stereocenters. The molecule has 1 amide bonds. The maximum atomic E-state index is 13.6. The van der Waals surface area contributed by atoms with Gasteiger partial charge in [-0.2, -0.15) is 0 Å². The highest BCUT2D eigenvalue weighted by molar-refractivity contribution is 8.19. The number of ether oxygens (including phenoxy) is 1. The van der Waals surface area contributed by atoms with Gasteiger partial charge in [0.15, 0.2) is 5.17 Å². The van der Waals surface area contributed by atoms with Crippen LogP contribution in [-0.2, 0) is 4.79 Å². The Morgan fingerprint density at radius 3 is 2.56 bits per heavy atom. The molecule has 0 unspecified atom stereocenters. The Labute approximate surface area is 198 Å². The minimum Gasteiger partial charge on any atom is -0.497 e. The first-order valence-corrected chi connectivity index (χ1v) is 12.6. The van der Waals surface area contributed by atoms with E-state index < -0.39 is 0 Å². The van der Waals surface area contributed by atoms with Crippen LogP contribution in [0.2, 0.25) is 0 Å². The number of anilines is 1. The van der Waals surface area contributed by atoms with Gasteiger partial charge in [0.1, 0.15) is 15.7 Å². The molecule has 0 spiro atoms. The fourth-order valence-corrected chi connectivity index (χ4v) is 6.14. The molecule has 2 aliphatic rings. The molecule has 32 heavy (non-hydrogen) atoms. The first-order valence-electron chi connectivity index (χ1n) is 11.0. The van der Waals surface area contributed by atoms with Gasteiger partial charge in [-0.25, -0.2) is 4.99 Å². The van der Waals surface area contributed by atoms with Gasteiger partial charge in [-0.05, 0) is 68.3 Å². The number of benzene rings is 2. The standard InChI is InChI=1S/C25H29N3O2S2/c1-6-8-13-28-23(29)22(32-25(28)26-19-14-16(3)9-10-17(19)4)24-27(7-2)20-15-18(30-5)11-12-21(20)31-24/h9-12,14-15H,6-8,13H2,1-5H3/b24-22-,26-25?. The van der Waals surface area contributed by atoms with E-state index in [0.29, 0.717) is 6.54 Å². The third kappa shape index (κ3) is 4.28. The van der Waals surface area contributed by atoms with Crippen LogP contribution in [0.15, 0.2) is 56.2 Å². The molecule has 7 heteroatoms. The molecule has 2 aliphatic heterocycles. The number of thioether (sulfide) groups is 2.